The minimum absolute atomic E-state index is 0.00986. The zero-order valence-corrected chi connectivity index (χ0v) is 14.3. The monoisotopic (exact) mass is 320 g/mol. The molecule has 1 aliphatic heterocycles. The summed E-state index contributed by atoms with van der Waals surface area (Å²) in [4.78, 5) is 12.6. The van der Waals surface area contributed by atoms with Crippen molar-refractivity contribution in [3.63, 3.8) is 0 Å². The lowest BCUT2D eigenvalue weighted by Gasteiger charge is -2.30. The molecule has 128 valence electrons. The molecule has 5 nitrogen and oxygen atoms in total. The van der Waals surface area contributed by atoms with Crippen molar-refractivity contribution in [1.82, 2.24) is 5.32 Å². The zero-order valence-electron chi connectivity index (χ0n) is 14.3. The summed E-state index contributed by atoms with van der Waals surface area (Å²) in [6.07, 6.45) is 1.92. The van der Waals surface area contributed by atoms with E-state index in [2.05, 4.69) is 24.5 Å². The van der Waals surface area contributed by atoms with Crippen LogP contribution in [0.15, 0.2) is 24.3 Å². The summed E-state index contributed by atoms with van der Waals surface area (Å²) in [5, 5.41) is 6.48. The molecule has 2 rings (SSSR count). The van der Waals surface area contributed by atoms with E-state index >= 15 is 0 Å². The van der Waals surface area contributed by atoms with Crippen LogP contribution in [0.1, 0.15) is 33.6 Å². The molecule has 0 aromatic heterocycles. The van der Waals surface area contributed by atoms with Gasteiger partial charge in [0.05, 0.1) is 12.6 Å². The summed E-state index contributed by atoms with van der Waals surface area (Å²) in [6.45, 7) is 8.25. The van der Waals surface area contributed by atoms with Crippen LogP contribution >= 0.6 is 0 Å². The van der Waals surface area contributed by atoms with E-state index in [1.54, 1.807) is 0 Å². The molecule has 2 N–H and O–H groups in total. The van der Waals surface area contributed by atoms with E-state index in [-0.39, 0.29) is 17.9 Å². The molecule has 1 aromatic carbocycles. The van der Waals surface area contributed by atoms with Crippen molar-refractivity contribution in [2.45, 2.75) is 45.7 Å². The van der Waals surface area contributed by atoms with E-state index in [9.17, 15) is 4.79 Å². The Morgan fingerprint density at radius 1 is 1.26 bits per heavy atom. The quantitative estimate of drug-likeness (QED) is 0.811. The van der Waals surface area contributed by atoms with Crippen molar-refractivity contribution in [1.29, 1.82) is 0 Å². The lowest BCUT2D eigenvalue weighted by molar-refractivity contribution is -0.119. The molecule has 1 aromatic rings. The second kappa shape index (κ2) is 8.89. The number of anilines is 1. The largest absolute Gasteiger partial charge is 0.494 e. The van der Waals surface area contributed by atoms with Crippen LogP contribution in [0.5, 0.6) is 5.75 Å². The Balaban J connectivity index is 1.94. The molecule has 5 heteroatoms. The number of rotatable bonds is 7. The van der Waals surface area contributed by atoms with Crippen molar-refractivity contribution < 1.29 is 14.3 Å². The van der Waals surface area contributed by atoms with Gasteiger partial charge in [0.2, 0.25) is 5.91 Å². The first-order valence-corrected chi connectivity index (χ1v) is 8.47. The van der Waals surface area contributed by atoms with Gasteiger partial charge in [0.15, 0.2) is 0 Å². The van der Waals surface area contributed by atoms with Crippen molar-refractivity contribution >= 4 is 11.6 Å². The van der Waals surface area contributed by atoms with Crippen LogP contribution in [0.4, 0.5) is 5.69 Å². The maximum absolute atomic E-state index is 12.6. The predicted molar refractivity (Wildman–Crippen MR) is 91.8 cm³/mol. The molecule has 1 amide bonds. The second-order valence-electron chi connectivity index (χ2n) is 6.22. The zero-order chi connectivity index (χ0) is 16.7. The van der Waals surface area contributed by atoms with Gasteiger partial charge in [-0.3, -0.25) is 4.79 Å². The fourth-order valence-electron chi connectivity index (χ4n) is 2.71. The molecule has 1 fully saturated rings. The van der Waals surface area contributed by atoms with Crippen LogP contribution in [0.25, 0.3) is 0 Å². The van der Waals surface area contributed by atoms with Crippen LogP contribution < -0.4 is 15.4 Å². The fourth-order valence-corrected chi connectivity index (χ4v) is 2.71. The Bertz CT molecular complexity index is 482. The van der Waals surface area contributed by atoms with Crippen molar-refractivity contribution in [2.75, 3.05) is 25.1 Å². The standard InChI is InChI=1S/C18H28N2O3/c1-4-23-16-7-5-14(6-8-16)20-18(21)17(13(2)3)19-15-9-11-22-12-10-15/h5-8,13,15,17,19H,4,9-12H2,1-3H3,(H,20,21)/t17-/m1/s1. The summed E-state index contributed by atoms with van der Waals surface area (Å²) in [6, 6.07) is 7.63. The van der Waals surface area contributed by atoms with Gasteiger partial charge in [-0.25, -0.2) is 0 Å². The molecule has 1 heterocycles. The number of amides is 1. The SMILES string of the molecule is CCOc1ccc(NC(=O)[C@H](NC2CCOCC2)C(C)C)cc1. The van der Waals surface area contributed by atoms with Gasteiger partial charge in [-0.15, -0.1) is 0 Å². The van der Waals surface area contributed by atoms with Crippen LogP contribution in [-0.4, -0.2) is 37.8 Å². The Kier molecular flexibility index (Phi) is 6.86. The maximum Gasteiger partial charge on any atom is 0.241 e. The number of nitrogens with one attached hydrogen (secondary N) is 2. The number of ether oxygens (including phenoxy) is 2. The van der Waals surface area contributed by atoms with Gasteiger partial charge in [0.1, 0.15) is 5.75 Å². The van der Waals surface area contributed by atoms with E-state index in [1.165, 1.54) is 0 Å². The summed E-state index contributed by atoms with van der Waals surface area (Å²) >= 11 is 0. The van der Waals surface area contributed by atoms with Crippen molar-refractivity contribution in [2.24, 2.45) is 5.92 Å². The van der Waals surface area contributed by atoms with E-state index in [4.69, 9.17) is 9.47 Å². The van der Waals surface area contributed by atoms with Gasteiger partial charge in [0.25, 0.3) is 0 Å². The molecule has 0 radical (unpaired) electrons. The molecule has 0 spiro atoms. The van der Waals surface area contributed by atoms with Gasteiger partial charge in [-0.1, -0.05) is 13.8 Å². The van der Waals surface area contributed by atoms with E-state index in [1.807, 2.05) is 31.2 Å². The average molecular weight is 320 g/mol. The third kappa shape index (κ3) is 5.52. The van der Waals surface area contributed by atoms with E-state index in [0.29, 0.717) is 12.6 Å². The Morgan fingerprint density at radius 2 is 1.91 bits per heavy atom. The van der Waals surface area contributed by atoms with Crippen molar-refractivity contribution in [3.05, 3.63) is 24.3 Å². The van der Waals surface area contributed by atoms with Gasteiger partial charge in [0, 0.05) is 24.9 Å². The predicted octanol–water partition coefficient (Wildman–Crippen LogP) is 2.82. The van der Waals surface area contributed by atoms with E-state index in [0.717, 1.165) is 37.5 Å². The summed E-state index contributed by atoms with van der Waals surface area (Å²) in [5.74, 6) is 1.04. The Labute approximate surface area is 138 Å². The summed E-state index contributed by atoms with van der Waals surface area (Å²) < 4.78 is 10.8. The van der Waals surface area contributed by atoms with Crippen LogP contribution in [0, 0.1) is 5.92 Å². The van der Waals surface area contributed by atoms with Crippen LogP contribution in [-0.2, 0) is 9.53 Å². The third-order valence-corrected chi connectivity index (χ3v) is 4.02. The first kappa shape index (κ1) is 17.8. The lowest BCUT2D eigenvalue weighted by Crippen LogP contribution is -2.50. The highest BCUT2D eigenvalue weighted by Gasteiger charge is 2.26. The topological polar surface area (TPSA) is 59.6 Å². The molecule has 1 atom stereocenters. The fraction of sp³-hybridized carbons (Fsp3) is 0.611. The molecule has 0 bridgehead atoms. The highest BCUT2D eigenvalue weighted by molar-refractivity contribution is 5.95. The summed E-state index contributed by atoms with van der Waals surface area (Å²) in [7, 11) is 0. The molecule has 1 saturated heterocycles. The average Bonchev–Trinajstić information content (AvgIpc) is 2.55. The minimum Gasteiger partial charge on any atom is -0.494 e. The third-order valence-electron chi connectivity index (χ3n) is 4.02. The maximum atomic E-state index is 12.6. The normalized spacial score (nSPS) is 17.0. The molecule has 0 aliphatic carbocycles. The number of carbonyl (C=O) groups is 1. The smallest absolute Gasteiger partial charge is 0.241 e. The molecular weight excluding hydrogens is 292 g/mol. The van der Waals surface area contributed by atoms with Crippen molar-refractivity contribution in [3.8, 4) is 5.75 Å². The van der Waals surface area contributed by atoms with Gasteiger partial charge in [-0.05, 0) is 49.9 Å². The highest BCUT2D eigenvalue weighted by atomic mass is 16.5. The summed E-state index contributed by atoms with van der Waals surface area (Å²) in [5.41, 5.74) is 0.790. The lowest BCUT2D eigenvalue weighted by atomic mass is 10.00. The first-order chi connectivity index (χ1) is 11.1. The van der Waals surface area contributed by atoms with Gasteiger partial charge >= 0.3 is 0 Å². The number of hydrogen-bond donors (Lipinski definition) is 2. The molecule has 23 heavy (non-hydrogen) atoms. The minimum atomic E-state index is -0.204. The Morgan fingerprint density at radius 3 is 2.48 bits per heavy atom. The number of hydrogen-bond acceptors (Lipinski definition) is 4. The Hall–Kier alpha value is -1.59. The van der Waals surface area contributed by atoms with Crippen LogP contribution in [0.2, 0.25) is 0 Å². The highest BCUT2D eigenvalue weighted by Crippen LogP contribution is 2.17. The molecule has 1 aliphatic rings. The van der Waals surface area contributed by atoms with Crippen LogP contribution in [0.3, 0.4) is 0 Å². The first-order valence-electron chi connectivity index (χ1n) is 8.47. The van der Waals surface area contributed by atoms with Gasteiger partial charge in [-0.2, -0.15) is 0 Å². The molecule has 0 saturated carbocycles. The van der Waals surface area contributed by atoms with E-state index < -0.39 is 0 Å². The van der Waals surface area contributed by atoms with Gasteiger partial charge < -0.3 is 20.1 Å². The molecular formula is C18H28N2O3. The molecule has 0 unspecified atom stereocenters. The number of benzene rings is 1. The second-order valence-corrected chi connectivity index (χ2v) is 6.22. The number of carbonyl (C=O) groups excluding carboxylic acids is 1.